The summed E-state index contributed by atoms with van der Waals surface area (Å²) in [5.41, 5.74) is 7.16. The van der Waals surface area contributed by atoms with Crippen molar-refractivity contribution >= 4 is 17.0 Å². The molecule has 14 heavy (non-hydrogen) atoms. The maximum absolute atomic E-state index is 9.96. The van der Waals surface area contributed by atoms with E-state index in [1.165, 1.54) is 0 Å². The van der Waals surface area contributed by atoms with Crippen molar-refractivity contribution in [3.8, 4) is 0 Å². The minimum atomic E-state index is -0.557. The standard InChI is InChI=1S/C11H11NOS/c12-9-4-1-3-8(7-9)11(13)10-5-2-6-14-10/h1-7,11,13H,12H2. The highest BCUT2D eigenvalue weighted by Crippen LogP contribution is 2.26. The van der Waals surface area contributed by atoms with Crippen LogP contribution in [0.1, 0.15) is 16.5 Å². The zero-order chi connectivity index (χ0) is 9.97. The van der Waals surface area contributed by atoms with Crippen molar-refractivity contribution in [3.05, 3.63) is 52.2 Å². The molecule has 3 N–H and O–H groups in total. The second kappa shape index (κ2) is 3.82. The van der Waals surface area contributed by atoms with Crippen molar-refractivity contribution in [1.82, 2.24) is 0 Å². The number of hydrogen-bond acceptors (Lipinski definition) is 3. The lowest BCUT2D eigenvalue weighted by molar-refractivity contribution is 0.224. The summed E-state index contributed by atoms with van der Waals surface area (Å²) in [5.74, 6) is 0. The van der Waals surface area contributed by atoms with Gasteiger partial charge in [-0.1, -0.05) is 18.2 Å². The lowest BCUT2D eigenvalue weighted by Gasteiger charge is -2.08. The molecule has 72 valence electrons. The number of hydrogen-bond donors (Lipinski definition) is 2. The Labute approximate surface area is 86.6 Å². The molecule has 2 aromatic rings. The molecular formula is C11H11NOS. The van der Waals surface area contributed by atoms with E-state index in [1.807, 2.05) is 35.7 Å². The van der Waals surface area contributed by atoms with Crippen molar-refractivity contribution in [1.29, 1.82) is 0 Å². The van der Waals surface area contributed by atoms with E-state index in [1.54, 1.807) is 17.4 Å². The molecular weight excluding hydrogens is 194 g/mol. The Morgan fingerprint density at radius 3 is 2.71 bits per heavy atom. The molecule has 2 nitrogen and oxygen atoms in total. The van der Waals surface area contributed by atoms with Crippen LogP contribution in [0.3, 0.4) is 0 Å². The van der Waals surface area contributed by atoms with Crippen molar-refractivity contribution in [2.75, 3.05) is 5.73 Å². The van der Waals surface area contributed by atoms with Gasteiger partial charge in [-0.2, -0.15) is 0 Å². The minimum absolute atomic E-state index is 0.557. The van der Waals surface area contributed by atoms with Crippen LogP contribution < -0.4 is 5.73 Å². The molecule has 0 spiro atoms. The number of rotatable bonds is 2. The molecule has 0 radical (unpaired) electrons. The van der Waals surface area contributed by atoms with Gasteiger partial charge in [0.2, 0.25) is 0 Å². The predicted octanol–water partition coefficient (Wildman–Crippen LogP) is 2.41. The molecule has 0 saturated heterocycles. The maximum atomic E-state index is 9.96. The fourth-order valence-corrected chi connectivity index (χ4v) is 2.08. The first-order valence-corrected chi connectivity index (χ1v) is 5.22. The van der Waals surface area contributed by atoms with Crippen LogP contribution in [0.5, 0.6) is 0 Å². The van der Waals surface area contributed by atoms with Gasteiger partial charge in [-0.25, -0.2) is 0 Å². The number of thiophene rings is 1. The Kier molecular flexibility index (Phi) is 2.52. The van der Waals surface area contributed by atoms with Gasteiger partial charge in [0.15, 0.2) is 0 Å². The van der Waals surface area contributed by atoms with E-state index >= 15 is 0 Å². The number of aliphatic hydroxyl groups excluding tert-OH is 1. The van der Waals surface area contributed by atoms with Gasteiger partial charge in [-0.05, 0) is 29.1 Å². The van der Waals surface area contributed by atoms with E-state index in [0.29, 0.717) is 5.69 Å². The Morgan fingerprint density at radius 2 is 2.07 bits per heavy atom. The third kappa shape index (κ3) is 1.78. The molecule has 0 amide bonds. The minimum Gasteiger partial charge on any atom is -0.399 e. The predicted molar refractivity (Wildman–Crippen MR) is 59.2 cm³/mol. The lowest BCUT2D eigenvalue weighted by atomic mass is 10.1. The zero-order valence-corrected chi connectivity index (χ0v) is 8.37. The molecule has 0 aliphatic rings. The van der Waals surface area contributed by atoms with Gasteiger partial charge in [0.25, 0.3) is 0 Å². The largest absolute Gasteiger partial charge is 0.399 e. The highest BCUT2D eigenvalue weighted by molar-refractivity contribution is 7.10. The third-order valence-electron chi connectivity index (χ3n) is 2.04. The summed E-state index contributed by atoms with van der Waals surface area (Å²) in [5, 5.41) is 11.9. The number of benzene rings is 1. The average Bonchev–Trinajstić information content (AvgIpc) is 2.69. The summed E-state index contributed by atoms with van der Waals surface area (Å²) < 4.78 is 0. The molecule has 0 bridgehead atoms. The van der Waals surface area contributed by atoms with Crippen molar-refractivity contribution in [2.24, 2.45) is 0 Å². The van der Waals surface area contributed by atoms with E-state index in [4.69, 9.17) is 5.73 Å². The molecule has 0 fully saturated rings. The molecule has 1 atom stereocenters. The summed E-state index contributed by atoms with van der Waals surface area (Å²) in [6.07, 6.45) is -0.557. The Hall–Kier alpha value is -1.32. The van der Waals surface area contributed by atoms with Gasteiger partial charge < -0.3 is 10.8 Å². The Bertz CT molecular complexity index is 411. The quantitative estimate of drug-likeness (QED) is 0.739. The summed E-state index contributed by atoms with van der Waals surface area (Å²) in [4.78, 5) is 0.940. The van der Waals surface area contributed by atoms with E-state index < -0.39 is 6.10 Å². The van der Waals surface area contributed by atoms with Gasteiger partial charge in [-0.3, -0.25) is 0 Å². The van der Waals surface area contributed by atoms with E-state index in [2.05, 4.69) is 0 Å². The molecule has 0 aliphatic heterocycles. The fourth-order valence-electron chi connectivity index (χ4n) is 1.34. The smallest absolute Gasteiger partial charge is 0.113 e. The summed E-state index contributed by atoms with van der Waals surface area (Å²) >= 11 is 1.54. The summed E-state index contributed by atoms with van der Waals surface area (Å²) in [7, 11) is 0. The average molecular weight is 205 g/mol. The van der Waals surface area contributed by atoms with Gasteiger partial charge in [0, 0.05) is 10.6 Å². The first-order valence-electron chi connectivity index (χ1n) is 4.34. The van der Waals surface area contributed by atoms with Crippen LogP contribution in [-0.4, -0.2) is 5.11 Å². The molecule has 1 unspecified atom stereocenters. The lowest BCUT2D eigenvalue weighted by Crippen LogP contribution is -1.97. The molecule has 0 saturated carbocycles. The number of anilines is 1. The van der Waals surface area contributed by atoms with E-state index in [-0.39, 0.29) is 0 Å². The Morgan fingerprint density at radius 1 is 1.21 bits per heavy atom. The Balaban J connectivity index is 2.32. The van der Waals surface area contributed by atoms with E-state index in [9.17, 15) is 5.11 Å². The molecule has 1 heterocycles. The van der Waals surface area contributed by atoms with Crippen LogP contribution in [0, 0.1) is 0 Å². The number of nitrogen functional groups attached to an aromatic ring is 1. The van der Waals surface area contributed by atoms with Crippen LogP contribution >= 0.6 is 11.3 Å². The van der Waals surface area contributed by atoms with Crippen LogP contribution in [0.25, 0.3) is 0 Å². The van der Waals surface area contributed by atoms with Gasteiger partial charge in [0.05, 0.1) is 0 Å². The van der Waals surface area contributed by atoms with E-state index in [0.717, 1.165) is 10.4 Å². The van der Waals surface area contributed by atoms with Crippen molar-refractivity contribution in [2.45, 2.75) is 6.10 Å². The van der Waals surface area contributed by atoms with Gasteiger partial charge >= 0.3 is 0 Å². The molecule has 2 rings (SSSR count). The van der Waals surface area contributed by atoms with Gasteiger partial charge in [-0.15, -0.1) is 11.3 Å². The molecule has 3 heteroatoms. The van der Waals surface area contributed by atoms with Crippen molar-refractivity contribution < 1.29 is 5.11 Å². The van der Waals surface area contributed by atoms with Gasteiger partial charge in [0.1, 0.15) is 6.10 Å². The zero-order valence-electron chi connectivity index (χ0n) is 7.55. The number of nitrogens with two attached hydrogens (primary N) is 1. The molecule has 1 aromatic carbocycles. The maximum Gasteiger partial charge on any atom is 0.113 e. The third-order valence-corrected chi connectivity index (χ3v) is 2.96. The van der Waals surface area contributed by atoms with Crippen LogP contribution in [-0.2, 0) is 0 Å². The van der Waals surface area contributed by atoms with Crippen molar-refractivity contribution in [3.63, 3.8) is 0 Å². The highest BCUT2D eigenvalue weighted by atomic mass is 32.1. The first-order chi connectivity index (χ1) is 6.77. The topological polar surface area (TPSA) is 46.2 Å². The van der Waals surface area contributed by atoms with Crippen LogP contribution in [0.2, 0.25) is 0 Å². The van der Waals surface area contributed by atoms with Crippen LogP contribution in [0.15, 0.2) is 41.8 Å². The molecule has 0 aliphatic carbocycles. The second-order valence-corrected chi connectivity index (χ2v) is 4.07. The normalized spacial score (nSPS) is 12.6. The summed E-state index contributed by atoms with van der Waals surface area (Å²) in [6.45, 7) is 0. The monoisotopic (exact) mass is 205 g/mol. The SMILES string of the molecule is Nc1cccc(C(O)c2cccs2)c1. The highest BCUT2D eigenvalue weighted by Gasteiger charge is 2.10. The fraction of sp³-hybridized carbons (Fsp3) is 0.0909. The second-order valence-electron chi connectivity index (χ2n) is 3.09. The summed E-state index contributed by atoms with van der Waals surface area (Å²) in [6, 6.07) is 11.2. The molecule has 1 aromatic heterocycles. The number of aliphatic hydroxyl groups is 1. The first kappa shape index (κ1) is 9.24. The van der Waals surface area contributed by atoms with Crippen LogP contribution in [0.4, 0.5) is 5.69 Å².